The zero-order valence-electron chi connectivity index (χ0n) is 7.70. The third-order valence-corrected chi connectivity index (χ3v) is 1.97. The Kier molecular flexibility index (Phi) is 4.12. The largest absolute Gasteiger partial charge is 0.327 e. The number of rotatable bonds is 4. The molecule has 0 aliphatic rings. The fourth-order valence-electron chi connectivity index (χ4n) is 1.15. The minimum atomic E-state index is 0.158. The lowest BCUT2D eigenvalue weighted by Gasteiger charge is -2.07. The number of aromatic nitrogens is 2. The molecule has 0 fully saturated rings. The molecular formula is C9H14ClN3. The van der Waals surface area contributed by atoms with Crippen molar-refractivity contribution in [2.45, 2.75) is 32.2 Å². The van der Waals surface area contributed by atoms with Crippen LogP contribution < -0.4 is 5.73 Å². The number of halogens is 1. The lowest BCUT2D eigenvalue weighted by atomic mass is 10.1. The summed E-state index contributed by atoms with van der Waals surface area (Å²) in [6.45, 7) is 2.11. The summed E-state index contributed by atoms with van der Waals surface area (Å²) in [6, 6.07) is 0.158. The van der Waals surface area contributed by atoms with Crippen molar-refractivity contribution in [3.8, 4) is 0 Å². The number of nitrogens with two attached hydrogens (primary N) is 1. The van der Waals surface area contributed by atoms with Crippen LogP contribution >= 0.6 is 11.6 Å². The molecule has 0 aliphatic carbocycles. The van der Waals surface area contributed by atoms with E-state index in [1.807, 2.05) is 0 Å². The van der Waals surface area contributed by atoms with E-state index in [0.717, 1.165) is 25.1 Å². The maximum absolute atomic E-state index is 5.84. The fraction of sp³-hybridized carbons (Fsp3) is 0.556. The molecule has 0 aromatic carbocycles. The molecular weight excluding hydrogens is 186 g/mol. The molecule has 1 heterocycles. The van der Waals surface area contributed by atoms with Crippen LogP contribution in [0.15, 0.2) is 12.4 Å². The molecule has 1 aromatic rings. The van der Waals surface area contributed by atoms with Crippen LogP contribution in [-0.4, -0.2) is 16.0 Å². The molecule has 0 saturated heterocycles. The normalized spacial score (nSPS) is 12.8. The molecule has 0 saturated carbocycles. The summed E-state index contributed by atoms with van der Waals surface area (Å²) in [6.07, 6.45) is 6.02. The smallest absolute Gasteiger partial charge is 0.129 e. The van der Waals surface area contributed by atoms with E-state index in [2.05, 4.69) is 16.9 Å². The fourth-order valence-corrected chi connectivity index (χ4v) is 1.25. The van der Waals surface area contributed by atoms with E-state index in [1.54, 1.807) is 12.4 Å². The van der Waals surface area contributed by atoms with Crippen LogP contribution in [0.1, 0.15) is 25.6 Å². The van der Waals surface area contributed by atoms with Gasteiger partial charge in [-0.1, -0.05) is 24.9 Å². The van der Waals surface area contributed by atoms with E-state index < -0.39 is 0 Å². The van der Waals surface area contributed by atoms with Gasteiger partial charge in [0.2, 0.25) is 0 Å². The average molecular weight is 200 g/mol. The topological polar surface area (TPSA) is 51.8 Å². The highest BCUT2D eigenvalue weighted by Crippen LogP contribution is 2.05. The highest BCUT2D eigenvalue weighted by molar-refractivity contribution is 6.30. The molecule has 0 bridgehead atoms. The first-order valence-electron chi connectivity index (χ1n) is 4.44. The molecule has 72 valence electrons. The molecule has 1 unspecified atom stereocenters. The minimum absolute atomic E-state index is 0.158. The average Bonchev–Trinajstić information content (AvgIpc) is 2.09. The molecule has 0 spiro atoms. The highest BCUT2D eigenvalue weighted by atomic mass is 35.5. The summed E-state index contributed by atoms with van der Waals surface area (Å²) in [4.78, 5) is 8.15. The van der Waals surface area contributed by atoms with Gasteiger partial charge in [-0.3, -0.25) is 0 Å². The van der Waals surface area contributed by atoms with Gasteiger partial charge in [-0.25, -0.2) is 9.97 Å². The lowest BCUT2D eigenvalue weighted by molar-refractivity contribution is 0.584. The van der Waals surface area contributed by atoms with Crippen molar-refractivity contribution in [1.82, 2.24) is 9.97 Å². The number of nitrogens with zero attached hydrogens (tertiary/aromatic N) is 2. The summed E-state index contributed by atoms with van der Waals surface area (Å²) < 4.78 is 0. The Hall–Kier alpha value is -0.670. The first kappa shape index (κ1) is 10.4. The molecule has 1 atom stereocenters. The van der Waals surface area contributed by atoms with Crippen molar-refractivity contribution in [3.05, 3.63) is 23.2 Å². The van der Waals surface area contributed by atoms with E-state index in [-0.39, 0.29) is 6.04 Å². The van der Waals surface area contributed by atoms with Gasteiger partial charge in [-0.2, -0.15) is 0 Å². The third-order valence-electron chi connectivity index (χ3n) is 1.78. The Labute approximate surface area is 83.3 Å². The van der Waals surface area contributed by atoms with E-state index in [0.29, 0.717) is 5.02 Å². The van der Waals surface area contributed by atoms with Gasteiger partial charge in [-0.15, -0.1) is 0 Å². The molecule has 0 radical (unpaired) electrons. The molecule has 1 aromatic heterocycles. The van der Waals surface area contributed by atoms with Crippen molar-refractivity contribution in [2.75, 3.05) is 0 Å². The van der Waals surface area contributed by atoms with Gasteiger partial charge in [-0.05, 0) is 6.42 Å². The summed E-state index contributed by atoms with van der Waals surface area (Å²) in [5.41, 5.74) is 5.84. The SMILES string of the molecule is CCCC(N)Cc1ncc(Cl)cn1. The number of hydrogen-bond donors (Lipinski definition) is 1. The Morgan fingerprint density at radius 2 is 2.08 bits per heavy atom. The maximum Gasteiger partial charge on any atom is 0.129 e. The van der Waals surface area contributed by atoms with Gasteiger partial charge < -0.3 is 5.73 Å². The van der Waals surface area contributed by atoms with Crippen LogP contribution in [0.2, 0.25) is 5.02 Å². The van der Waals surface area contributed by atoms with Crippen molar-refractivity contribution in [1.29, 1.82) is 0 Å². The summed E-state index contributed by atoms with van der Waals surface area (Å²) in [5, 5.41) is 0.563. The van der Waals surface area contributed by atoms with Crippen LogP contribution in [-0.2, 0) is 6.42 Å². The first-order chi connectivity index (χ1) is 6.22. The van der Waals surface area contributed by atoms with Crippen LogP contribution in [0.3, 0.4) is 0 Å². The molecule has 0 amide bonds. The zero-order valence-corrected chi connectivity index (χ0v) is 8.46. The molecule has 13 heavy (non-hydrogen) atoms. The Balaban J connectivity index is 2.49. The first-order valence-corrected chi connectivity index (χ1v) is 4.82. The van der Waals surface area contributed by atoms with Crippen molar-refractivity contribution in [2.24, 2.45) is 5.73 Å². The summed E-state index contributed by atoms with van der Waals surface area (Å²) in [5.74, 6) is 0.769. The molecule has 2 N–H and O–H groups in total. The van der Waals surface area contributed by atoms with Crippen LogP contribution in [0.5, 0.6) is 0 Å². The predicted molar refractivity (Wildman–Crippen MR) is 53.6 cm³/mol. The second-order valence-corrected chi connectivity index (χ2v) is 3.51. The van der Waals surface area contributed by atoms with E-state index in [4.69, 9.17) is 17.3 Å². The van der Waals surface area contributed by atoms with Gasteiger partial charge in [0, 0.05) is 24.9 Å². The monoisotopic (exact) mass is 199 g/mol. The standard InChI is InChI=1S/C9H14ClN3/c1-2-3-8(11)4-9-12-5-7(10)6-13-9/h5-6,8H,2-4,11H2,1H3. The summed E-state index contributed by atoms with van der Waals surface area (Å²) >= 11 is 5.65. The van der Waals surface area contributed by atoms with Crippen LogP contribution in [0, 0.1) is 0 Å². The summed E-state index contributed by atoms with van der Waals surface area (Å²) in [7, 11) is 0. The Bertz CT molecular complexity index is 248. The van der Waals surface area contributed by atoms with Gasteiger partial charge in [0.1, 0.15) is 5.82 Å². The number of hydrogen-bond acceptors (Lipinski definition) is 3. The third kappa shape index (κ3) is 3.70. The van der Waals surface area contributed by atoms with Gasteiger partial charge >= 0.3 is 0 Å². The zero-order chi connectivity index (χ0) is 9.68. The molecule has 4 heteroatoms. The van der Waals surface area contributed by atoms with Gasteiger partial charge in [0.15, 0.2) is 0 Å². The Morgan fingerprint density at radius 1 is 1.46 bits per heavy atom. The van der Waals surface area contributed by atoms with E-state index >= 15 is 0 Å². The quantitative estimate of drug-likeness (QED) is 0.805. The second kappa shape index (κ2) is 5.14. The van der Waals surface area contributed by atoms with Crippen molar-refractivity contribution >= 4 is 11.6 Å². The second-order valence-electron chi connectivity index (χ2n) is 3.07. The van der Waals surface area contributed by atoms with Crippen molar-refractivity contribution in [3.63, 3.8) is 0 Å². The minimum Gasteiger partial charge on any atom is -0.327 e. The van der Waals surface area contributed by atoms with E-state index in [1.165, 1.54) is 0 Å². The van der Waals surface area contributed by atoms with Crippen molar-refractivity contribution < 1.29 is 0 Å². The predicted octanol–water partition coefficient (Wildman–Crippen LogP) is 1.80. The lowest BCUT2D eigenvalue weighted by Crippen LogP contribution is -2.23. The molecule has 0 aliphatic heterocycles. The maximum atomic E-state index is 5.84. The highest BCUT2D eigenvalue weighted by Gasteiger charge is 2.04. The van der Waals surface area contributed by atoms with Crippen LogP contribution in [0.4, 0.5) is 0 Å². The Morgan fingerprint density at radius 3 is 2.62 bits per heavy atom. The molecule has 1 rings (SSSR count). The van der Waals surface area contributed by atoms with Gasteiger partial charge in [0.25, 0.3) is 0 Å². The molecule has 3 nitrogen and oxygen atoms in total. The van der Waals surface area contributed by atoms with E-state index in [9.17, 15) is 0 Å². The van der Waals surface area contributed by atoms with Crippen LogP contribution in [0.25, 0.3) is 0 Å². The van der Waals surface area contributed by atoms with Gasteiger partial charge in [0.05, 0.1) is 5.02 Å².